The zero-order valence-electron chi connectivity index (χ0n) is 10.5. The van der Waals surface area contributed by atoms with E-state index in [0.29, 0.717) is 17.6 Å². The summed E-state index contributed by atoms with van der Waals surface area (Å²) in [6.45, 7) is 3.31. The molecule has 2 heterocycles. The van der Waals surface area contributed by atoms with Crippen molar-refractivity contribution < 1.29 is 4.74 Å². The SMILES string of the molecule is COc1cnc(NCC2CCCN(C)C2)nc1. The Bertz CT molecular complexity index is 341. The summed E-state index contributed by atoms with van der Waals surface area (Å²) in [6, 6.07) is 0. The second-order valence-corrected chi connectivity index (χ2v) is 4.60. The standard InChI is InChI=1S/C12H20N4O/c1-16-5-3-4-10(9-16)6-13-12-14-7-11(17-2)8-15-12/h7-8,10H,3-6,9H2,1-2H3,(H,13,14,15). The molecule has 5 heteroatoms. The van der Waals surface area contributed by atoms with Gasteiger partial charge in [-0.25, -0.2) is 9.97 Å². The first-order valence-corrected chi connectivity index (χ1v) is 6.06. The van der Waals surface area contributed by atoms with Crippen molar-refractivity contribution in [3.8, 4) is 5.75 Å². The third-order valence-corrected chi connectivity index (χ3v) is 3.13. The van der Waals surface area contributed by atoms with Gasteiger partial charge >= 0.3 is 0 Å². The molecule has 1 aromatic heterocycles. The van der Waals surface area contributed by atoms with E-state index in [1.165, 1.54) is 19.4 Å². The van der Waals surface area contributed by atoms with Gasteiger partial charge in [0.1, 0.15) is 0 Å². The van der Waals surface area contributed by atoms with Gasteiger partial charge in [0, 0.05) is 13.1 Å². The van der Waals surface area contributed by atoms with Gasteiger partial charge in [0.15, 0.2) is 5.75 Å². The largest absolute Gasteiger partial charge is 0.494 e. The van der Waals surface area contributed by atoms with Crippen LogP contribution >= 0.6 is 0 Å². The molecule has 2 rings (SSSR count). The lowest BCUT2D eigenvalue weighted by atomic mass is 9.99. The molecule has 5 nitrogen and oxygen atoms in total. The highest BCUT2D eigenvalue weighted by atomic mass is 16.5. The van der Waals surface area contributed by atoms with E-state index >= 15 is 0 Å². The molecule has 0 saturated carbocycles. The number of likely N-dealkylation sites (tertiary alicyclic amines) is 1. The van der Waals surface area contributed by atoms with Crippen LogP contribution in [-0.2, 0) is 0 Å². The van der Waals surface area contributed by atoms with Crippen LogP contribution in [0.25, 0.3) is 0 Å². The zero-order valence-corrected chi connectivity index (χ0v) is 10.5. The molecule has 94 valence electrons. The maximum atomic E-state index is 5.02. The van der Waals surface area contributed by atoms with Gasteiger partial charge in [-0.15, -0.1) is 0 Å². The number of aromatic nitrogens is 2. The van der Waals surface area contributed by atoms with E-state index in [9.17, 15) is 0 Å². The van der Waals surface area contributed by atoms with Gasteiger partial charge in [0.05, 0.1) is 19.5 Å². The average Bonchev–Trinajstić information content (AvgIpc) is 2.37. The highest BCUT2D eigenvalue weighted by molar-refractivity contribution is 5.26. The normalized spacial score (nSPS) is 21.2. The fourth-order valence-electron chi connectivity index (χ4n) is 2.19. The van der Waals surface area contributed by atoms with E-state index in [-0.39, 0.29) is 0 Å². The Labute approximate surface area is 102 Å². The first kappa shape index (κ1) is 12.1. The summed E-state index contributed by atoms with van der Waals surface area (Å²) in [4.78, 5) is 10.8. The van der Waals surface area contributed by atoms with Crippen LogP contribution in [0.4, 0.5) is 5.95 Å². The number of nitrogens with zero attached hydrogens (tertiary/aromatic N) is 3. The second kappa shape index (κ2) is 5.82. The second-order valence-electron chi connectivity index (χ2n) is 4.60. The molecule has 1 unspecified atom stereocenters. The Morgan fingerprint density at radius 3 is 2.88 bits per heavy atom. The predicted octanol–water partition coefficient (Wildman–Crippen LogP) is 1.24. The fraction of sp³-hybridized carbons (Fsp3) is 0.667. The maximum Gasteiger partial charge on any atom is 0.222 e. The summed E-state index contributed by atoms with van der Waals surface area (Å²) < 4.78 is 5.02. The molecule has 1 aliphatic rings. The van der Waals surface area contributed by atoms with E-state index in [2.05, 4.69) is 27.2 Å². The number of hydrogen-bond donors (Lipinski definition) is 1. The Morgan fingerprint density at radius 1 is 1.47 bits per heavy atom. The lowest BCUT2D eigenvalue weighted by molar-refractivity contribution is 0.217. The van der Waals surface area contributed by atoms with E-state index in [0.717, 1.165) is 13.1 Å². The van der Waals surface area contributed by atoms with Crippen molar-refractivity contribution in [2.45, 2.75) is 12.8 Å². The molecule has 1 aliphatic heterocycles. The number of methoxy groups -OCH3 is 1. The van der Waals surface area contributed by atoms with Gasteiger partial charge in [0.2, 0.25) is 5.95 Å². The van der Waals surface area contributed by atoms with E-state index in [1.54, 1.807) is 19.5 Å². The minimum absolute atomic E-state index is 0.680. The van der Waals surface area contributed by atoms with Gasteiger partial charge in [-0.1, -0.05) is 0 Å². The molecule has 1 fully saturated rings. The number of anilines is 1. The summed E-state index contributed by atoms with van der Waals surface area (Å²) in [5.41, 5.74) is 0. The van der Waals surface area contributed by atoms with Crippen LogP contribution in [0, 0.1) is 5.92 Å². The summed E-state index contributed by atoms with van der Waals surface area (Å²) in [5.74, 6) is 2.06. The van der Waals surface area contributed by atoms with Crippen molar-refractivity contribution in [1.82, 2.24) is 14.9 Å². The Kier molecular flexibility index (Phi) is 4.14. The van der Waals surface area contributed by atoms with Crippen LogP contribution in [0.5, 0.6) is 5.75 Å². The van der Waals surface area contributed by atoms with E-state index in [4.69, 9.17) is 4.74 Å². The molecule has 0 bridgehead atoms. The van der Waals surface area contributed by atoms with Crippen LogP contribution in [0.1, 0.15) is 12.8 Å². The lowest BCUT2D eigenvalue weighted by Gasteiger charge is -2.29. The molecular weight excluding hydrogens is 216 g/mol. The van der Waals surface area contributed by atoms with Crippen molar-refractivity contribution in [2.24, 2.45) is 5.92 Å². The van der Waals surface area contributed by atoms with Crippen LogP contribution < -0.4 is 10.1 Å². The van der Waals surface area contributed by atoms with Gasteiger partial charge in [-0.3, -0.25) is 0 Å². The summed E-state index contributed by atoms with van der Waals surface area (Å²) >= 11 is 0. The molecule has 0 radical (unpaired) electrons. The van der Waals surface area contributed by atoms with Crippen molar-refractivity contribution in [3.63, 3.8) is 0 Å². The first-order chi connectivity index (χ1) is 8.28. The molecule has 1 atom stereocenters. The monoisotopic (exact) mass is 236 g/mol. The predicted molar refractivity (Wildman–Crippen MR) is 67.3 cm³/mol. The molecule has 0 amide bonds. The Hall–Kier alpha value is -1.36. The van der Waals surface area contributed by atoms with Crippen LogP contribution in [0.2, 0.25) is 0 Å². The summed E-state index contributed by atoms with van der Waals surface area (Å²) in [5, 5.41) is 3.28. The van der Waals surface area contributed by atoms with E-state index < -0.39 is 0 Å². The Morgan fingerprint density at radius 2 is 2.24 bits per heavy atom. The average molecular weight is 236 g/mol. The number of rotatable bonds is 4. The smallest absolute Gasteiger partial charge is 0.222 e. The molecule has 0 spiro atoms. The first-order valence-electron chi connectivity index (χ1n) is 6.06. The van der Waals surface area contributed by atoms with Gasteiger partial charge in [-0.2, -0.15) is 0 Å². The lowest BCUT2D eigenvalue weighted by Crippen LogP contribution is -2.35. The number of piperidine rings is 1. The van der Waals surface area contributed by atoms with Gasteiger partial charge in [0.25, 0.3) is 0 Å². The number of ether oxygens (including phenoxy) is 1. The molecular formula is C12H20N4O. The summed E-state index contributed by atoms with van der Waals surface area (Å²) in [7, 11) is 3.79. The zero-order chi connectivity index (χ0) is 12.1. The molecule has 0 aliphatic carbocycles. The molecule has 0 aromatic carbocycles. The molecule has 17 heavy (non-hydrogen) atoms. The molecule has 1 saturated heterocycles. The minimum atomic E-state index is 0.680. The third kappa shape index (κ3) is 3.56. The van der Waals surface area contributed by atoms with Crippen LogP contribution in [0.15, 0.2) is 12.4 Å². The Balaban J connectivity index is 1.80. The minimum Gasteiger partial charge on any atom is -0.494 e. The van der Waals surface area contributed by atoms with Gasteiger partial charge in [-0.05, 0) is 32.4 Å². The quantitative estimate of drug-likeness (QED) is 0.852. The van der Waals surface area contributed by atoms with Crippen LogP contribution in [0.3, 0.4) is 0 Å². The third-order valence-electron chi connectivity index (χ3n) is 3.13. The highest BCUT2D eigenvalue weighted by Crippen LogP contribution is 2.15. The van der Waals surface area contributed by atoms with Crippen molar-refractivity contribution in [2.75, 3.05) is 39.1 Å². The van der Waals surface area contributed by atoms with Crippen molar-refractivity contribution >= 4 is 5.95 Å². The van der Waals surface area contributed by atoms with E-state index in [1.807, 2.05) is 0 Å². The molecule has 1 aromatic rings. The van der Waals surface area contributed by atoms with Gasteiger partial charge < -0.3 is 15.0 Å². The molecule has 1 N–H and O–H groups in total. The topological polar surface area (TPSA) is 50.3 Å². The highest BCUT2D eigenvalue weighted by Gasteiger charge is 2.16. The number of nitrogens with one attached hydrogen (secondary N) is 1. The summed E-state index contributed by atoms with van der Waals surface area (Å²) in [6.07, 6.45) is 5.93. The maximum absolute atomic E-state index is 5.02. The number of hydrogen-bond acceptors (Lipinski definition) is 5. The van der Waals surface area contributed by atoms with Crippen molar-refractivity contribution in [3.05, 3.63) is 12.4 Å². The van der Waals surface area contributed by atoms with Crippen molar-refractivity contribution in [1.29, 1.82) is 0 Å². The van der Waals surface area contributed by atoms with Crippen LogP contribution in [-0.4, -0.2) is 48.7 Å². The fourth-order valence-corrected chi connectivity index (χ4v) is 2.19.